The molecule has 0 fully saturated rings. The van der Waals surface area contributed by atoms with E-state index in [0.29, 0.717) is 22.4 Å². The zero-order valence-corrected chi connectivity index (χ0v) is 14.9. The molecule has 0 saturated carbocycles. The first-order chi connectivity index (χ1) is 12.0. The molecule has 2 aromatic carbocycles. The van der Waals surface area contributed by atoms with Crippen LogP contribution in [0.15, 0.2) is 42.5 Å². The van der Waals surface area contributed by atoms with E-state index in [9.17, 15) is 4.79 Å². The van der Waals surface area contributed by atoms with Gasteiger partial charge in [-0.1, -0.05) is 59.1 Å². The van der Waals surface area contributed by atoms with Crippen LogP contribution in [0, 0.1) is 6.92 Å². The molecule has 25 heavy (non-hydrogen) atoms. The third kappa shape index (κ3) is 4.55. The van der Waals surface area contributed by atoms with E-state index in [-0.39, 0.29) is 12.5 Å². The van der Waals surface area contributed by atoms with Gasteiger partial charge in [0, 0.05) is 22.2 Å². The maximum Gasteiger partial charge on any atom is 0.243 e. The molecule has 0 atom stereocenters. The second-order valence-electron chi connectivity index (χ2n) is 5.52. The molecular weight excluding hydrogens is 361 g/mol. The van der Waals surface area contributed by atoms with Crippen LogP contribution in [0.1, 0.15) is 11.1 Å². The van der Waals surface area contributed by atoms with E-state index in [4.69, 9.17) is 23.2 Å². The molecule has 128 valence electrons. The van der Waals surface area contributed by atoms with Gasteiger partial charge in [-0.05, 0) is 29.8 Å². The number of tetrazole rings is 1. The van der Waals surface area contributed by atoms with Gasteiger partial charge in [-0.3, -0.25) is 4.79 Å². The Balaban J connectivity index is 1.59. The normalized spacial score (nSPS) is 10.7. The number of amides is 1. The fraction of sp³-hybridized carbons (Fsp3) is 0.176. The van der Waals surface area contributed by atoms with Crippen molar-refractivity contribution in [3.63, 3.8) is 0 Å². The maximum absolute atomic E-state index is 12.0. The van der Waals surface area contributed by atoms with Crippen LogP contribution in [0.3, 0.4) is 0 Å². The largest absolute Gasteiger partial charge is 0.350 e. The van der Waals surface area contributed by atoms with Gasteiger partial charge in [0.05, 0.1) is 0 Å². The molecule has 6 nitrogen and oxygen atoms in total. The predicted octanol–water partition coefficient (Wildman–Crippen LogP) is 3.27. The van der Waals surface area contributed by atoms with Crippen LogP contribution < -0.4 is 5.32 Å². The Labute approximate surface area is 154 Å². The van der Waals surface area contributed by atoms with Crippen molar-refractivity contribution in [3.05, 3.63) is 63.6 Å². The average Bonchev–Trinajstić information content (AvgIpc) is 3.03. The van der Waals surface area contributed by atoms with Crippen LogP contribution in [0.5, 0.6) is 0 Å². The lowest BCUT2D eigenvalue weighted by Crippen LogP contribution is -2.28. The molecule has 1 N–H and O–H groups in total. The van der Waals surface area contributed by atoms with Gasteiger partial charge in [0.1, 0.15) is 6.54 Å². The molecule has 0 spiro atoms. The van der Waals surface area contributed by atoms with Crippen LogP contribution in [0.2, 0.25) is 10.0 Å². The Morgan fingerprint density at radius 3 is 2.64 bits per heavy atom. The lowest BCUT2D eigenvalue weighted by atomic mass is 10.1. The molecule has 0 bridgehead atoms. The first-order valence-corrected chi connectivity index (χ1v) is 8.32. The van der Waals surface area contributed by atoms with E-state index in [1.165, 1.54) is 4.80 Å². The zero-order chi connectivity index (χ0) is 17.8. The van der Waals surface area contributed by atoms with Crippen LogP contribution in [-0.2, 0) is 17.9 Å². The minimum atomic E-state index is -0.237. The smallest absolute Gasteiger partial charge is 0.243 e. The van der Waals surface area contributed by atoms with E-state index in [1.54, 1.807) is 18.2 Å². The summed E-state index contributed by atoms with van der Waals surface area (Å²) in [4.78, 5) is 13.3. The Bertz CT molecular complexity index is 892. The Kier molecular flexibility index (Phi) is 5.31. The highest BCUT2D eigenvalue weighted by Crippen LogP contribution is 2.20. The number of nitrogens with one attached hydrogen (secondary N) is 1. The molecule has 1 aromatic heterocycles. The molecule has 1 amide bonds. The van der Waals surface area contributed by atoms with E-state index in [0.717, 1.165) is 16.7 Å². The van der Waals surface area contributed by atoms with Gasteiger partial charge in [0.2, 0.25) is 11.7 Å². The quantitative estimate of drug-likeness (QED) is 0.742. The van der Waals surface area contributed by atoms with Gasteiger partial charge in [-0.25, -0.2) is 0 Å². The molecule has 1 heterocycles. The summed E-state index contributed by atoms with van der Waals surface area (Å²) in [6.45, 7) is 2.28. The van der Waals surface area contributed by atoms with E-state index in [1.807, 2.05) is 31.2 Å². The third-order valence-corrected chi connectivity index (χ3v) is 4.13. The van der Waals surface area contributed by atoms with Gasteiger partial charge < -0.3 is 5.32 Å². The molecule has 3 aromatic rings. The van der Waals surface area contributed by atoms with Crippen molar-refractivity contribution in [3.8, 4) is 11.4 Å². The molecule has 0 aliphatic heterocycles. The van der Waals surface area contributed by atoms with E-state index >= 15 is 0 Å². The first kappa shape index (κ1) is 17.4. The van der Waals surface area contributed by atoms with Crippen molar-refractivity contribution in [2.24, 2.45) is 0 Å². The monoisotopic (exact) mass is 375 g/mol. The highest BCUT2D eigenvalue weighted by Gasteiger charge is 2.10. The molecule has 0 radical (unpaired) electrons. The van der Waals surface area contributed by atoms with Crippen molar-refractivity contribution in [1.82, 2.24) is 25.5 Å². The molecular formula is C17H15Cl2N5O. The number of halogens is 2. The van der Waals surface area contributed by atoms with Gasteiger partial charge in [0.15, 0.2) is 0 Å². The summed E-state index contributed by atoms with van der Waals surface area (Å²) < 4.78 is 0. The van der Waals surface area contributed by atoms with Crippen LogP contribution in [-0.4, -0.2) is 26.1 Å². The summed E-state index contributed by atoms with van der Waals surface area (Å²) in [5, 5.41) is 15.9. The van der Waals surface area contributed by atoms with Gasteiger partial charge >= 0.3 is 0 Å². The number of benzene rings is 2. The number of aryl methyl sites for hydroxylation is 1. The van der Waals surface area contributed by atoms with Gasteiger partial charge in [-0.15, -0.1) is 10.2 Å². The number of rotatable bonds is 5. The topological polar surface area (TPSA) is 72.7 Å². The summed E-state index contributed by atoms with van der Waals surface area (Å²) in [6, 6.07) is 12.9. The standard InChI is InChI=1S/C17H15Cl2N5O/c1-11-2-4-12(5-3-11)17-21-23-24(22-17)10-16(25)20-9-13-6-7-14(18)8-15(13)19/h2-8H,9-10H2,1H3,(H,20,25). The number of hydrogen-bond donors (Lipinski definition) is 1. The second-order valence-corrected chi connectivity index (χ2v) is 6.37. The van der Waals surface area contributed by atoms with E-state index in [2.05, 4.69) is 20.7 Å². The molecule has 0 saturated heterocycles. The number of carbonyl (C=O) groups is 1. The Morgan fingerprint density at radius 2 is 1.92 bits per heavy atom. The fourth-order valence-electron chi connectivity index (χ4n) is 2.17. The van der Waals surface area contributed by atoms with Crippen molar-refractivity contribution < 1.29 is 4.79 Å². The first-order valence-electron chi connectivity index (χ1n) is 7.57. The molecule has 0 aliphatic carbocycles. The number of aromatic nitrogens is 4. The number of nitrogens with zero attached hydrogens (tertiary/aromatic N) is 4. The fourth-order valence-corrected chi connectivity index (χ4v) is 2.65. The van der Waals surface area contributed by atoms with E-state index < -0.39 is 0 Å². The summed E-state index contributed by atoms with van der Waals surface area (Å²) >= 11 is 11.9. The van der Waals surface area contributed by atoms with Gasteiger partial charge in [-0.2, -0.15) is 4.80 Å². The minimum Gasteiger partial charge on any atom is -0.350 e. The molecule has 3 rings (SSSR count). The summed E-state index contributed by atoms with van der Waals surface area (Å²) in [6.07, 6.45) is 0. The van der Waals surface area contributed by atoms with Gasteiger partial charge in [0.25, 0.3) is 0 Å². The summed E-state index contributed by atoms with van der Waals surface area (Å²) in [7, 11) is 0. The lowest BCUT2D eigenvalue weighted by Gasteiger charge is -2.06. The second kappa shape index (κ2) is 7.63. The highest BCUT2D eigenvalue weighted by atomic mass is 35.5. The van der Waals surface area contributed by atoms with Crippen LogP contribution >= 0.6 is 23.2 Å². The lowest BCUT2D eigenvalue weighted by molar-refractivity contribution is -0.122. The number of carbonyl (C=O) groups excluding carboxylic acids is 1. The molecule has 0 unspecified atom stereocenters. The van der Waals surface area contributed by atoms with Crippen molar-refractivity contribution in [2.45, 2.75) is 20.0 Å². The zero-order valence-electron chi connectivity index (χ0n) is 13.4. The SMILES string of the molecule is Cc1ccc(-c2nnn(CC(=O)NCc3ccc(Cl)cc3Cl)n2)cc1. The number of hydrogen-bond acceptors (Lipinski definition) is 4. The Hall–Kier alpha value is -2.44. The summed E-state index contributed by atoms with van der Waals surface area (Å²) in [5.41, 5.74) is 2.79. The predicted molar refractivity (Wildman–Crippen MR) is 96.3 cm³/mol. The van der Waals surface area contributed by atoms with Crippen LogP contribution in [0.25, 0.3) is 11.4 Å². The van der Waals surface area contributed by atoms with Crippen molar-refractivity contribution in [2.75, 3.05) is 0 Å². The van der Waals surface area contributed by atoms with Crippen molar-refractivity contribution in [1.29, 1.82) is 0 Å². The van der Waals surface area contributed by atoms with Crippen LogP contribution in [0.4, 0.5) is 0 Å². The van der Waals surface area contributed by atoms with Crippen molar-refractivity contribution >= 4 is 29.1 Å². The highest BCUT2D eigenvalue weighted by molar-refractivity contribution is 6.35. The maximum atomic E-state index is 12.0. The summed E-state index contributed by atoms with van der Waals surface area (Å²) in [5.74, 6) is 0.243. The minimum absolute atomic E-state index is 0.0237. The molecule has 0 aliphatic rings. The average molecular weight is 376 g/mol. The third-order valence-electron chi connectivity index (χ3n) is 3.54. The Morgan fingerprint density at radius 1 is 1.16 bits per heavy atom. The molecule has 8 heteroatoms.